The molecule has 0 aliphatic carbocycles. The summed E-state index contributed by atoms with van der Waals surface area (Å²) in [5.74, 6) is -2.07. The van der Waals surface area contributed by atoms with Gasteiger partial charge < -0.3 is 0 Å². The zero-order valence-corrected chi connectivity index (χ0v) is 15.4. The second-order valence-corrected chi connectivity index (χ2v) is 7.43. The van der Waals surface area contributed by atoms with Crippen molar-refractivity contribution >= 4 is 56.7 Å². The highest BCUT2D eigenvalue weighted by Crippen LogP contribution is 2.36. The van der Waals surface area contributed by atoms with Crippen molar-refractivity contribution in [1.29, 1.82) is 0 Å². The van der Waals surface area contributed by atoms with Crippen LogP contribution >= 0.6 is 27.7 Å². The van der Waals surface area contributed by atoms with E-state index in [-0.39, 0.29) is 16.0 Å². The molecule has 2 aromatic rings. The molecule has 2 aliphatic rings. The maximum Gasteiger partial charge on any atom is 0.313 e. The van der Waals surface area contributed by atoms with Crippen molar-refractivity contribution in [3.8, 4) is 0 Å². The number of hydrogen-bond donors (Lipinski definition) is 0. The fourth-order valence-electron chi connectivity index (χ4n) is 2.74. The zero-order valence-electron chi connectivity index (χ0n) is 13.0. The van der Waals surface area contributed by atoms with Gasteiger partial charge in [0.1, 0.15) is 0 Å². The van der Waals surface area contributed by atoms with Gasteiger partial charge >= 0.3 is 5.24 Å². The molecule has 0 radical (unpaired) electrons. The Hall–Kier alpha value is -2.71. The molecule has 2 aromatic carbocycles. The van der Waals surface area contributed by atoms with Crippen molar-refractivity contribution in [2.75, 3.05) is 0 Å². The van der Waals surface area contributed by atoms with E-state index in [2.05, 4.69) is 15.9 Å². The van der Waals surface area contributed by atoms with Gasteiger partial charge in [-0.05, 0) is 47.7 Å². The first-order valence-corrected chi connectivity index (χ1v) is 9.09. The summed E-state index contributed by atoms with van der Waals surface area (Å²) in [4.78, 5) is 50.2. The van der Waals surface area contributed by atoms with Crippen LogP contribution in [0.5, 0.6) is 0 Å². The number of hydrazine groups is 1. The molecule has 0 atom stereocenters. The quantitative estimate of drug-likeness (QED) is 0.538. The molecule has 0 N–H and O–H groups in total. The number of halogens is 1. The molecule has 26 heavy (non-hydrogen) atoms. The molecule has 4 rings (SSSR count). The Morgan fingerprint density at radius 2 is 1.46 bits per heavy atom. The van der Waals surface area contributed by atoms with Crippen LogP contribution in [0.25, 0.3) is 6.08 Å². The third kappa shape index (κ3) is 2.58. The number of thioether (sulfide) groups is 1. The number of amides is 4. The highest BCUT2D eigenvalue weighted by molar-refractivity contribution is 9.10. The number of hydrogen-bond acceptors (Lipinski definition) is 5. The van der Waals surface area contributed by atoms with E-state index in [1.807, 2.05) is 6.07 Å². The van der Waals surface area contributed by atoms with Crippen molar-refractivity contribution in [2.45, 2.75) is 0 Å². The molecule has 8 heteroatoms. The second kappa shape index (κ2) is 6.22. The number of nitrogens with zero attached hydrogens (tertiary/aromatic N) is 2. The predicted molar refractivity (Wildman–Crippen MR) is 98.9 cm³/mol. The molecule has 1 saturated heterocycles. The van der Waals surface area contributed by atoms with E-state index in [1.165, 1.54) is 12.1 Å². The van der Waals surface area contributed by atoms with Crippen molar-refractivity contribution in [3.05, 3.63) is 74.6 Å². The predicted octanol–water partition coefficient (Wildman–Crippen LogP) is 3.70. The molecule has 2 heterocycles. The lowest BCUT2D eigenvalue weighted by atomic mass is 10.1. The van der Waals surface area contributed by atoms with Crippen molar-refractivity contribution < 1.29 is 19.2 Å². The number of fused-ring (bicyclic) bond motifs is 1. The summed E-state index contributed by atoms with van der Waals surface area (Å²) < 4.78 is 0.825. The summed E-state index contributed by atoms with van der Waals surface area (Å²) in [7, 11) is 0. The van der Waals surface area contributed by atoms with E-state index in [0.717, 1.165) is 4.47 Å². The Bertz CT molecular complexity index is 998. The maximum absolute atomic E-state index is 12.7. The van der Waals surface area contributed by atoms with Crippen molar-refractivity contribution in [1.82, 2.24) is 10.0 Å². The van der Waals surface area contributed by atoms with Crippen LogP contribution in [0.4, 0.5) is 4.79 Å². The van der Waals surface area contributed by atoms with E-state index >= 15 is 0 Å². The van der Waals surface area contributed by atoms with Gasteiger partial charge in [-0.1, -0.05) is 40.2 Å². The number of benzene rings is 2. The minimum Gasteiger partial charge on any atom is -0.267 e. The van der Waals surface area contributed by atoms with E-state index in [9.17, 15) is 19.2 Å². The van der Waals surface area contributed by atoms with Gasteiger partial charge in [0.2, 0.25) is 0 Å². The molecule has 1 fully saturated rings. The van der Waals surface area contributed by atoms with E-state index in [0.29, 0.717) is 27.3 Å². The smallest absolute Gasteiger partial charge is 0.267 e. The van der Waals surface area contributed by atoms with Crippen LogP contribution in [-0.4, -0.2) is 33.0 Å². The fourth-order valence-corrected chi connectivity index (χ4v) is 3.96. The first-order chi connectivity index (χ1) is 12.5. The van der Waals surface area contributed by atoms with Gasteiger partial charge in [0.25, 0.3) is 17.7 Å². The van der Waals surface area contributed by atoms with Crippen LogP contribution in [0.1, 0.15) is 26.3 Å². The maximum atomic E-state index is 12.7. The minimum atomic E-state index is -0.700. The molecule has 0 aromatic heterocycles. The molecule has 0 saturated carbocycles. The third-order valence-electron chi connectivity index (χ3n) is 3.89. The van der Waals surface area contributed by atoms with Gasteiger partial charge in [0.05, 0.1) is 16.0 Å². The number of imide groups is 2. The van der Waals surface area contributed by atoms with Gasteiger partial charge in [0.15, 0.2) is 0 Å². The van der Waals surface area contributed by atoms with Gasteiger partial charge in [0, 0.05) is 4.47 Å². The normalized spacial score (nSPS) is 18.3. The first-order valence-electron chi connectivity index (χ1n) is 7.48. The lowest BCUT2D eigenvalue weighted by Gasteiger charge is -2.21. The average molecular weight is 429 g/mol. The summed E-state index contributed by atoms with van der Waals surface area (Å²) in [6.45, 7) is 0. The molecule has 0 unspecified atom stereocenters. The van der Waals surface area contributed by atoms with Crippen molar-refractivity contribution in [2.24, 2.45) is 0 Å². The highest BCUT2D eigenvalue weighted by Gasteiger charge is 2.48. The lowest BCUT2D eigenvalue weighted by molar-refractivity contribution is -0.129. The van der Waals surface area contributed by atoms with Crippen LogP contribution in [-0.2, 0) is 4.79 Å². The SMILES string of the molecule is O=C1SC(=Cc2cccc(Br)c2)C(=O)N1N1C(=O)c2ccccc2C1=O. The number of rotatable bonds is 2. The zero-order chi connectivity index (χ0) is 18.4. The summed E-state index contributed by atoms with van der Waals surface area (Å²) >= 11 is 4.03. The summed E-state index contributed by atoms with van der Waals surface area (Å²) in [6.07, 6.45) is 1.55. The molecule has 128 valence electrons. The third-order valence-corrected chi connectivity index (χ3v) is 5.25. The lowest BCUT2D eigenvalue weighted by Crippen LogP contribution is -2.48. The molecule has 0 spiro atoms. The molecule has 4 amide bonds. The van der Waals surface area contributed by atoms with Crippen LogP contribution < -0.4 is 0 Å². The molecule has 2 aliphatic heterocycles. The molecular weight excluding hydrogens is 420 g/mol. The largest absolute Gasteiger partial charge is 0.313 e. The van der Waals surface area contributed by atoms with Gasteiger partial charge in [-0.15, -0.1) is 0 Å². The van der Waals surface area contributed by atoms with Crippen LogP contribution in [0.15, 0.2) is 57.9 Å². The van der Waals surface area contributed by atoms with Gasteiger partial charge in [-0.25, -0.2) is 0 Å². The average Bonchev–Trinajstić information content (AvgIpc) is 3.02. The first kappa shape index (κ1) is 16.7. The Labute approximate surface area is 160 Å². The summed E-state index contributed by atoms with van der Waals surface area (Å²) in [5.41, 5.74) is 1.06. The van der Waals surface area contributed by atoms with Crippen LogP contribution in [0.3, 0.4) is 0 Å². The number of carbonyl (C=O) groups excluding carboxylic acids is 4. The summed E-state index contributed by atoms with van der Waals surface area (Å²) in [5, 5.41) is 0.536. The Balaban J connectivity index is 1.69. The van der Waals surface area contributed by atoms with E-state index in [4.69, 9.17) is 0 Å². The Kier molecular flexibility index (Phi) is 4.01. The standard InChI is InChI=1S/C18H9BrN2O4S/c19-11-5-3-4-10(8-11)9-14-17(24)21(18(25)26-14)20-15(22)12-6-1-2-7-13(12)16(20)23/h1-9H. The minimum absolute atomic E-state index is 0.143. The van der Waals surface area contributed by atoms with Gasteiger partial charge in [-0.3, -0.25) is 19.2 Å². The molecule has 0 bridgehead atoms. The number of carbonyl (C=O) groups is 4. The van der Waals surface area contributed by atoms with Crippen LogP contribution in [0.2, 0.25) is 0 Å². The monoisotopic (exact) mass is 428 g/mol. The second-order valence-electron chi connectivity index (χ2n) is 5.52. The molecule has 6 nitrogen and oxygen atoms in total. The molecular formula is C18H9BrN2O4S. The summed E-state index contributed by atoms with van der Waals surface area (Å²) in [6, 6.07) is 13.4. The van der Waals surface area contributed by atoms with E-state index in [1.54, 1.807) is 36.4 Å². The van der Waals surface area contributed by atoms with Gasteiger partial charge in [-0.2, -0.15) is 10.0 Å². The Morgan fingerprint density at radius 3 is 2.08 bits per heavy atom. The highest BCUT2D eigenvalue weighted by atomic mass is 79.9. The van der Waals surface area contributed by atoms with Crippen molar-refractivity contribution in [3.63, 3.8) is 0 Å². The van der Waals surface area contributed by atoms with E-state index < -0.39 is 23.0 Å². The topological polar surface area (TPSA) is 74.8 Å². The fraction of sp³-hybridized carbons (Fsp3) is 0. The van der Waals surface area contributed by atoms with Crippen LogP contribution in [0, 0.1) is 0 Å². The Morgan fingerprint density at radius 1 is 0.808 bits per heavy atom.